The van der Waals surface area contributed by atoms with Gasteiger partial charge in [0.25, 0.3) is 0 Å². The molecule has 1 saturated carbocycles. The predicted octanol–water partition coefficient (Wildman–Crippen LogP) is 9.31. The van der Waals surface area contributed by atoms with Crippen molar-refractivity contribution in [2.24, 2.45) is 5.92 Å². The summed E-state index contributed by atoms with van der Waals surface area (Å²) in [5.41, 5.74) is 2.87. The molecular formula is C29H39F3O. The van der Waals surface area contributed by atoms with Crippen molar-refractivity contribution in [1.29, 1.82) is 0 Å². The third-order valence-electron chi connectivity index (χ3n) is 7.05. The molecule has 4 heteroatoms. The van der Waals surface area contributed by atoms with Crippen LogP contribution in [0.15, 0.2) is 48.5 Å². The summed E-state index contributed by atoms with van der Waals surface area (Å²) in [6, 6.07) is 14.0. The number of ether oxygens (including phenoxy) is 1. The van der Waals surface area contributed by atoms with Gasteiger partial charge in [0.1, 0.15) is 0 Å². The predicted molar refractivity (Wildman–Crippen MR) is 129 cm³/mol. The van der Waals surface area contributed by atoms with Crippen LogP contribution in [0.25, 0.3) is 0 Å². The van der Waals surface area contributed by atoms with Crippen LogP contribution >= 0.6 is 0 Å². The maximum Gasteiger partial charge on any atom is 0.391 e. The lowest BCUT2D eigenvalue weighted by Gasteiger charge is -2.29. The minimum absolute atomic E-state index is 0.0551. The van der Waals surface area contributed by atoms with Gasteiger partial charge in [-0.25, -0.2) is 4.39 Å². The summed E-state index contributed by atoms with van der Waals surface area (Å²) in [7, 11) is 0. The number of unbranched alkanes of at least 4 members (excludes halogenated alkanes) is 2. The van der Waals surface area contributed by atoms with Crippen molar-refractivity contribution in [3.05, 3.63) is 70.8 Å². The maximum absolute atomic E-state index is 14.5. The smallest absolute Gasteiger partial charge is 0.313 e. The normalized spacial score (nSPS) is 20.0. The van der Waals surface area contributed by atoms with E-state index >= 15 is 0 Å². The Hall–Kier alpha value is -1.81. The van der Waals surface area contributed by atoms with Gasteiger partial charge in [-0.3, -0.25) is 0 Å². The Morgan fingerprint density at radius 1 is 0.848 bits per heavy atom. The highest BCUT2D eigenvalue weighted by Crippen LogP contribution is 2.39. The molecule has 0 aliphatic heterocycles. The fraction of sp³-hybridized carbons (Fsp3) is 0.586. The SMILES string of the molecule is CCCCCC1CCC(c2ccc(COC(F)(F)C(F)c3ccc(CCC)cc3)cc2)CC1. The zero-order valence-electron chi connectivity index (χ0n) is 20.2. The maximum atomic E-state index is 14.5. The number of aryl methyl sites for hydroxylation is 1. The van der Waals surface area contributed by atoms with Crippen LogP contribution in [0.1, 0.15) is 106 Å². The lowest BCUT2D eigenvalue weighted by atomic mass is 9.77. The van der Waals surface area contributed by atoms with Crippen LogP contribution in [0.4, 0.5) is 13.2 Å². The van der Waals surface area contributed by atoms with Crippen molar-refractivity contribution < 1.29 is 17.9 Å². The van der Waals surface area contributed by atoms with E-state index in [9.17, 15) is 13.2 Å². The quantitative estimate of drug-likeness (QED) is 0.287. The fourth-order valence-electron chi connectivity index (χ4n) is 4.94. The molecule has 2 aromatic rings. The second kappa shape index (κ2) is 12.6. The van der Waals surface area contributed by atoms with E-state index < -0.39 is 12.3 Å². The lowest BCUT2D eigenvalue weighted by molar-refractivity contribution is -0.282. The number of hydrogen-bond donors (Lipinski definition) is 0. The molecule has 1 atom stereocenters. The molecule has 0 radical (unpaired) electrons. The Balaban J connectivity index is 1.48. The van der Waals surface area contributed by atoms with Crippen LogP contribution in [0.5, 0.6) is 0 Å². The summed E-state index contributed by atoms with van der Waals surface area (Å²) >= 11 is 0. The molecule has 182 valence electrons. The zero-order valence-corrected chi connectivity index (χ0v) is 20.2. The fourth-order valence-corrected chi connectivity index (χ4v) is 4.94. The molecule has 0 bridgehead atoms. The first-order valence-electron chi connectivity index (χ1n) is 12.8. The molecule has 0 spiro atoms. The number of rotatable bonds is 12. The molecule has 2 aromatic carbocycles. The standard InChI is InChI=1S/C29H39F3O/c1-3-5-6-8-23-9-15-25(16-10-23)26-17-13-24(14-18-26)21-33-29(31,32)28(30)27-19-11-22(7-4-2)12-20-27/h11-14,17-20,23,25,28H,3-10,15-16,21H2,1-2H3. The van der Waals surface area contributed by atoms with Crippen LogP contribution in [0.3, 0.4) is 0 Å². The van der Waals surface area contributed by atoms with Crippen LogP contribution in [-0.4, -0.2) is 6.11 Å². The van der Waals surface area contributed by atoms with Crippen molar-refractivity contribution >= 4 is 0 Å². The van der Waals surface area contributed by atoms with Crippen LogP contribution in [0.2, 0.25) is 0 Å². The number of benzene rings is 2. The second-order valence-corrected chi connectivity index (χ2v) is 9.66. The molecule has 1 unspecified atom stereocenters. The molecule has 1 nitrogen and oxygen atoms in total. The van der Waals surface area contributed by atoms with Crippen molar-refractivity contribution in [2.45, 2.75) is 103 Å². The van der Waals surface area contributed by atoms with E-state index in [0.717, 1.165) is 24.3 Å². The molecule has 1 aliphatic carbocycles. The summed E-state index contributed by atoms with van der Waals surface area (Å²) in [6.45, 7) is 3.97. The van der Waals surface area contributed by atoms with E-state index in [2.05, 4.69) is 6.92 Å². The molecule has 0 N–H and O–H groups in total. The van der Waals surface area contributed by atoms with Gasteiger partial charge in [-0.1, -0.05) is 94.5 Å². The summed E-state index contributed by atoms with van der Waals surface area (Å²) in [6.07, 6.45) is 5.70. The highest BCUT2D eigenvalue weighted by Gasteiger charge is 2.42. The molecule has 0 saturated heterocycles. The third kappa shape index (κ3) is 7.60. The van der Waals surface area contributed by atoms with Gasteiger partial charge in [-0.2, -0.15) is 8.78 Å². The van der Waals surface area contributed by atoms with E-state index in [1.165, 1.54) is 69.1 Å². The molecule has 1 aliphatic rings. The molecule has 0 aromatic heterocycles. The molecular weight excluding hydrogens is 421 g/mol. The second-order valence-electron chi connectivity index (χ2n) is 9.66. The number of hydrogen-bond acceptors (Lipinski definition) is 1. The van der Waals surface area contributed by atoms with E-state index in [1.807, 2.05) is 31.2 Å². The molecule has 33 heavy (non-hydrogen) atoms. The Morgan fingerprint density at radius 2 is 1.48 bits per heavy atom. The monoisotopic (exact) mass is 460 g/mol. The average Bonchev–Trinajstić information content (AvgIpc) is 2.84. The largest absolute Gasteiger partial charge is 0.391 e. The third-order valence-corrected chi connectivity index (χ3v) is 7.05. The minimum Gasteiger partial charge on any atom is -0.313 e. The van der Waals surface area contributed by atoms with Crippen molar-refractivity contribution in [2.75, 3.05) is 0 Å². The van der Waals surface area contributed by atoms with Gasteiger partial charge in [-0.05, 0) is 66.2 Å². The Labute approximate surface area is 197 Å². The molecule has 1 fully saturated rings. The zero-order chi connectivity index (χ0) is 23.7. The average molecular weight is 461 g/mol. The van der Waals surface area contributed by atoms with Crippen LogP contribution in [0, 0.1) is 5.92 Å². The van der Waals surface area contributed by atoms with Gasteiger partial charge in [0.15, 0.2) is 0 Å². The number of halogens is 3. The summed E-state index contributed by atoms with van der Waals surface area (Å²) < 4.78 is 48.0. The van der Waals surface area contributed by atoms with E-state index in [1.54, 1.807) is 12.1 Å². The van der Waals surface area contributed by atoms with Gasteiger partial charge in [-0.15, -0.1) is 0 Å². The van der Waals surface area contributed by atoms with Crippen molar-refractivity contribution in [3.8, 4) is 0 Å². The lowest BCUT2D eigenvalue weighted by Crippen LogP contribution is -2.27. The first-order chi connectivity index (χ1) is 15.9. The minimum atomic E-state index is -3.87. The van der Waals surface area contributed by atoms with Gasteiger partial charge in [0, 0.05) is 0 Å². The van der Waals surface area contributed by atoms with Crippen molar-refractivity contribution in [3.63, 3.8) is 0 Å². The summed E-state index contributed by atoms with van der Waals surface area (Å²) in [5.74, 6) is 1.41. The Kier molecular flexibility index (Phi) is 9.85. The van der Waals surface area contributed by atoms with Gasteiger partial charge >= 0.3 is 6.11 Å². The summed E-state index contributed by atoms with van der Waals surface area (Å²) in [4.78, 5) is 0. The molecule has 3 rings (SSSR count). The highest BCUT2D eigenvalue weighted by atomic mass is 19.3. The van der Waals surface area contributed by atoms with Crippen LogP contribution in [-0.2, 0) is 17.8 Å². The van der Waals surface area contributed by atoms with Crippen molar-refractivity contribution in [1.82, 2.24) is 0 Å². The molecule has 0 amide bonds. The van der Waals surface area contributed by atoms with Gasteiger partial charge in [0.05, 0.1) is 6.61 Å². The molecule has 0 heterocycles. The van der Waals surface area contributed by atoms with E-state index in [-0.39, 0.29) is 12.2 Å². The van der Waals surface area contributed by atoms with E-state index in [0.29, 0.717) is 11.5 Å². The Bertz CT molecular complexity index is 808. The van der Waals surface area contributed by atoms with Crippen LogP contribution < -0.4 is 0 Å². The van der Waals surface area contributed by atoms with Gasteiger partial charge in [0.2, 0.25) is 6.17 Å². The summed E-state index contributed by atoms with van der Waals surface area (Å²) in [5, 5.41) is 0. The Morgan fingerprint density at radius 3 is 2.09 bits per heavy atom. The first kappa shape index (κ1) is 25.8. The van der Waals surface area contributed by atoms with E-state index in [4.69, 9.17) is 4.74 Å². The first-order valence-corrected chi connectivity index (χ1v) is 12.8. The number of alkyl halides is 3. The van der Waals surface area contributed by atoms with Gasteiger partial charge < -0.3 is 4.74 Å². The highest BCUT2D eigenvalue weighted by molar-refractivity contribution is 5.26. The topological polar surface area (TPSA) is 9.23 Å².